The van der Waals surface area contributed by atoms with E-state index in [1.54, 1.807) is 7.11 Å². The minimum Gasteiger partial charge on any atom is -0.467 e. The lowest BCUT2D eigenvalue weighted by Crippen LogP contribution is -2.11. The molecule has 6 heteroatoms. The van der Waals surface area contributed by atoms with Gasteiger partial charge in [0.1, 0.15) is 0 Å². The molecule has 0 aliphatic heterocycles. The van der Waals surface area contributed by atoms with Crippen molar-refractivity contribution < 1.29 is 4.74 Å². The van der Waals surface area contributed by atoms with E-state index in [0.717, 1.165) is 29.5 Å². The smallest absolute Gasteiger partial charge is 0.320 e. The number of benzene rings is 1. The highest BCUT2D eigenvalue weighted by molar-refractivity contribution is 6.33. The van der Waals surface area contributed by atoms with Gasteiger partial charge >= 0.3 is 6.01 Å². The summed E-state index contributed by atoms with van der Waals surface area (Å²) >= 11 is 6.40. The maximum atomic E-state index is 6.40. The van der Waals surface area contributed by atoms with E-state index >= 15 is 0 Å². The number of methoxy groups -OCH3 is 1. The van der Waals surface area contributed by atoms with Gasteiger partial charge in [0, 0.05) is 12.1 Å². The van der Waals surface area contributed by atoms with Crippen molar-refractivity contribution in [1.29, 1.82) is 0 Å². The van der Waals surface area contributed by atoms with Crippen molar-refractivity contribution in [2.24, 2.45) is 11.1 Å². The lowest BCUT2D eigenvalue weighted by atomic mass is 9.81. The molecule has 0 radical (unpaired) electrons. The number of allylic oxidation sites excluding steroid dienone is 4. The molecule has 0 unspecified atom stereocenters. The first kappa shape index (κ1) is 19.5. The Morgan fingerprint density at radius 3 is 2.56 bits per heavy atom. The number of aromatic nitrogens is 3. The molecule has 1 aromatic heterocycles. The van der Waals surface area contributed by atoms with Crippen molar-refractivity contribution in [3.05, 3.63) is 52.3 Å². The summed E-state index contributed by atoms with van der Waals surface area (Å²) in [6.45, 7) is 7.03. The summed E-state index contributed by atoms with van der Waals surface area (Å²) in [6, 6.07) is 5.90. The fraction of sp³-hybridized carbons (Fsp3) is 0.381. The van der Waals surface area contributed by atoms with Crippen LogP contribution in [-0.2, 0) is 6.54 Å². The molecule has 2 aromatic rings. The van der Waals surface area contributed by atoms with Crippen molar-refractivity contribution >= 4 is 17.2 Å². The van der Waals surface area contributed by atoms with Gasteiger partial charge in [0.2, 0.25) is 0 Å². The highest BCUT2D eigenvalue weighted by Crippen LogP contribution is 2.35. The van der Waals surface area contributed by atoms with Crippen LogP contribution in [0.3, 0.4) is 0 Å². The Morgan fingerprint density at radius 2 is 1.89 bits per heavy atom. The van der Waals surface area contributed by atoms with Gasteiger partial charge < -0.3 is 10.5 Å². The summed E-state index contributed by atoms with van der Waals surface area (Å²) in [5.41, 5.74) is 9.90. The normalized spacial score (nSPS) is 14.6. The number of nitrogens with zero attached hydrogens (tertiary/aromatic N) is 3. The first-order valence-corrected chi connectivity index (χ1v) is 9.40. The van der Waals surface area contributed by atoms with Crippen molar-refractivity contribution in [2.75, 3.05) is 7.11 Å². The second-order valence-electron chi connectivity index (χ2n) is 7.61. The van der Waals surface area contributed by atoms with Crippen molar-refractivity contribution in [3.63, 3.8) is 0 Å². The molecule has 1 aliphatic carbocycles. The highest BCUT2D eigenvalue weighted by Gasteiger charge is 2.21. The Bertz CT molecular complexity index is 913. The molecule has 5 nitrogen and oxygen atoms in total. The third kappa shape index (κ3) is 4.37. The predicted octanol–water partition coefficient (Wildman–Crippen LogP) is 4.81. The van der Waals surface area contributed by atoms with Crippen LogP contribution in [-0.4, -0.2) is 22.1 Å². The van der Waals surface area contributed by atoms with E-state index in [1.165, 1.54) is 5.57 Å². The quantitative estimate of drug-likeness (QED) is 0.818. The average Bonchev–Trinajstić information content (AvgIpc) is 2.67. The van der Waals surface area contributed by atoms with Crippen molar-refractivity contribution in [3.8, 4) is 17.4 Å². The molecule has 0 saturated carbocycles. The van der Waals surface area contributed by atoms with Crippen LogP contribution in [0, 0.1) is 5.41 Å². The zero-order valence-electron chi connectivity index (χ0n) is 16.2. The maximum Gasteiger partial charge on any atom is 0.320 e. The summed E-state index contributed by atoms with van der Waals surface area (Å²) in [6.07, 6.45) is 6.30. The van der Waals surface area contributed by atoms with Crippen LogP contribution in [0.2, 0.25) is 5.02 Å². The number of rotatable bonds is 4. The Morgan fingerprint density at radius 1 is 1.15 bits per heavy atom. The molecular weight excluding hydrogens is 360 g/mol. The molecule has 1 aromatic carbocycles. The molecule has 0 saturated heterocycles. The Hall–Kier alpha value is -2.24. The fourth-order valence-electron chi connectivity index (χ4n) is 2.98. The molecule has 0 fully saturated rings. The first-order chi connectivity index (χ1) is 12.8. The van der Waals surface area contributed by atoms with Crippen LogP contribution in [0.1, 0.15) is 45.0 Å². The fourth-order valence-corrected chi connectivity index (χ4v) is 3.19. The van der Waals surface area contributed by atoms with Gasteiger partial charge in [-0.1, -0.05) is 50.6 Å². The van der Waals surface area contributed by atoms with Crippen LogP contribution in [0.15, 0.2) is 35.9 Å². The van der Waals surface area contributed by atoms with Gasteiger partial charge in [0.15, 0.2) is 11.6 Å². The van der Waals surface area contributed by atoms with Crippen LogP contribution in [0.5, 0.6) is 6.01 Å². The molecular formula is C21H25ClN4O. The second-order valence-corrected chi connectivity index (χ2v) is 8.01. The lowest BCUT2D eigenvalue weighted by molar-refractivity contribution is 0.378. The second kappa shape index (κ2) is 7.79. The molecule has 3 rings (SSSR count). The lowest BCUT2D eigenvalue weighted by Gasteiger charge is -2.24. The van der Waals surface area contributed by atoms with E-state index in [1.807, 2.05) is 18.2 Å². The number of nitrogens with two attached hydrogens (primary N) is 1. The van der Waals surface area contributed by atoms with E-state index in [0.29, 0.717) is 23.2 Å². The average molecular weight is 385 g/mol. The first-order valence-electron chi connectivity index (χ1n) is 9.02. The Balaban J connectivity index is 2.10. The molecule has 1 heterocycles. The standard InChI is InChI=1S/C21H25ClN4O/c1-21(2,3)15-7-5-6-14(11-15)18-24-19(26-20(25-18)27-4)16-10-13(12-23)8-9-17(16)22/h7-11H,5-6,12,23H2,1-4H3. The third-order valence-electron chi connectivity index (χ3n) is 4.57. The largest absolute Gasteiger partial charge is 0.467 e. The Kier molecular flexibility index (Phi) is 5.63. The van der Waals surface area contributed by atoms with E-state index in [4.69, 9.17) is 27.1 Å². The summed E-state index contributed by atoms with van der Waals surface area (Å²) in [5.74, 6) is 1.12. The molecule has 1 aliphatic rings. The van der Waals surface area contributed by atoms with Crippen molar-refractivity contribution in [2.45, 2.75) is 40.2 Å². The minimum absolute atomic E-state index is 0.0738. The van der Waals surface area contributed by atoms with Crippen LogP contribution < -0.4 is 10.5 Å². The molecule has 0 atom stereocenters. The summed E-state index contributed by atoms with van der Waals surface area (Å²) in [5, 5.41) is 0.569. The third-order valence-corrected chi connectivity index (χ3v) is 4.90. The van der Waals surface area contributed by atoms with Gasteiger partial charge in [0.05, 0.1) is 12.1 Å². The molecule has 0 bridgehead atoms. The zero-order chi connectivity index (χ0) is 19.6. The number of hydrogen-bond acceptors (Lipinski definition) is 5. The summed E-state index contributed by atoms with van der Waals surface area (Å²) in [4.78, 5) is 13.6. The van der Waals surface area contributed by atoms with E-state index in [9.17, 15) is 0 Å². The monoisotopic (exact) mass is 384 g/mol. The van der Waals surface area contributed by atoms with Crippen LogP contribution in [0.25, 0.3) is 17.0 Å². The molecule has 2 N–H and O–H groups in total. The van der Waals surface area contributed by atoms with E-state index in [-0.39, 0.29) is 11.4 Å². The zero-order valence-corrected chi connectivity index (χ0v) is 17.0. The number of ether oxygens (including phenoxy) is 1. The number of halogens is 1. The van der Waals surface area contributed by atoms with Gasteiger partial charge in [-0.25, -0.2) is 4.98 Å². The SMILES string of the molecule is COc1nc(C2=CC(C(C)(C)C)=CCC2)nc(-c2cc(CN)ccc2Cl)n1. The van der Waals surface area contributed by atoms with E-state index in [2.05, 4.69) is 42.9 Å². The Labute approximate surface area is 165 Å². The maximum absolute atomic E-state index is 6.40. The van der Waals surface area contributed by atoms with Gasteiger partial charge in [-0.15, -0.1) is 0 Å². The molecule has 27 heavy (non-hydrogen) atoms. The molecule has 0 spiro atoms. The predicted molar refractivity (Wildman–Crippen MR) is 109 cm³/mol. The van der Waals surface area contributed by atoms with E-state index < -0.39 is 0 Å². The number of hydrogen-bond donors (Lipinski definition) is 1. The van der Waals surface area contributed by atoms with Crippen molar-refractivity contribution in [1.82, 2.24) is 15.0 Å². The van der Waals surface area contributed by atoms with Gasteiger partial charge in [-0.2, -0.15) is 9.97 Å². The molecule has 0 amide bonds. The summed E-state index contributed by atoms with van der Waals surface area (Å²) in [7, 11) is 1.55. The minimum atomic E-state index is 0.0738. The molecule has 142 valence electrons. The van der Waals surface area contributed by atoms with Gasteiger partial charge in [-0.3, -0.25) is 0 Å². The van der Waals surface area contributed by atoms with Crippen LogP contribution >= 0.6 is 11.6 Å². The highest BCUT2D eigenvalue weighted by atomic mass is 35.5. The summed E-state index contributed by atoms with van der Waals surface area (Å²) < 4.78 is 5.33. The topological polar surface area (TPSA) is 73.9 Å². The van der Waals surface area contributed by atoms with Crippen LogP contribution in [0.4, 0.5) is 0 Å². The van der Waals surface area contributed by atoms with Gasteiger partial charge in [-0.05, 0) is 47.1 Å². The van der Waals surface area contributed by atoms with Gasteiger partial charge in [0.25, 0.3) is 0 Å².